The lowest BCUT2D eigenvalue weighted by Crippen LogP contribution is -2.04. The van der Waals surface area contributed by atoms with E-state index in [1.807, 2.05) is 30.3 Å². The predicted octanol–water partition coefficient (Wildman–Crippen LogP) is 2.18. The van der Waals surface area contributed by atoms with Crippen LogP contribution in [-0.4, -0.2) is 19.9 Å². The average molecular weight is 306 g/mol. The van der Waals surface area contributed by atoms with Gasteiger partial charge in [0.2, 0.25) is 0 Å². The lowest BCUT2D eigenvalue weighted by molar-refractivity contribution is 0.453. The number of aromatic hydroxyl groups is 1. The van der Waals surface area contributed by atoms with E-state index >= 15 is 0 Å². The number of nitrogens with zero attached hydrogens (tertiary/aromatic N) is 2. The molecule has 6 heteroatoms. The summed E-state index contributed by atoms with van der Waals surface area (Å²) in [6, 6.07) is 10.8. The van der Waals surface area contributed by atoms with Crippen molar-refractivity contribution in [3.63, 3.8) is 0 Å². The molecule has 18 heavy (non-hydrogen) atoms. The molecule has 3 aromatic rings. The zero-order chi connectivity index (χ0) is 12.7. The fraction of sp³-hybridized carbons (Fsp3) is 0. The number of hydrogen-bond acceptors (Lipinski definition) is 3. The normalized spacial score (nSPS) is 10.9. The second-order valence-corrected chi connectivity index (χ2v) is 4.53. The number of halogens is 1. The summed E-state index contributed by atoms with van der Waals surface area (Å²) in [6.07, 6.45) is 0. The van der Waals surface area contributed by atoms with Gasteiger partial charge in [0.25, 0.3) is 5.56 Å². The molecular formula is C12H8BrN3O2. The third-order valence-electron chi connectivity index (χ3n) is 2.60. The van der Waals surface area contributed by atoms with E-state index in [1.54, 1.807) is 4.68 Å². The molecule has 0 spiro atoms. The Kier molecular flexibility index (Phi) is 2.45. The van der Waals surface area contributed by atoms with Gasteiger partial charge in [-0.3, -0.25) is 9.78 Å². The number of H-pyrrole nitrogens is 1. The second kappa shape index (κ2) is 3.99. The summed E-state index contributed by atoms with van der Waals surface area (Å²) in [5.74, 6) is -0.197. The maximum atomic E-state index is 11.8. The first-order valence-electron chi connectivity index (χ1n) is 5.23. The van der Waals surface area contributed by atoms with Crippen molar-refractivity contribution in [2.24, 2.45) is 0 Å². The molecule has 2 N–H and O–H groups in total. The van der Waals surface area contributed by atoms with Crippen molar-refractivity contribution in [3.8, 4) is 11.6 Å². The lowest BCUT2D eigenvalue weighted by atomic mass is 10.3. The van der Waals surface area contributed by atoms with Crippen molar-refractivity contribution in [1.82, 2.24) is 14.8 Å². The minimum atomic E-state index is -0.376. The highest BCUT2D eigenvalue weighted by molar-refractivity contribution is 9.10. The SMILES string of the molecule is O=c1[nH]c(O)cc2nn(-c3ccccc3)c(Br)c12. The first-order chi connectivity index (χ1) is 8.66. The molecule has 2 aromatic heterocycles. The van der Waals surface area contributed by atoms with Crippen LogP contribution >= 0.6 is 15.9 Å². The van der Waals surface area contributed by atoms with Gasteiger partial charge in [-0.05, 0) is 28.1 Å². The zero-order valence-corrected chi connectivity index (χ0v) is 10.7. The van der Waals surface area contributed by atoms with Crippen LogP contribution in [0.4, 0.5) is 0 Å². The highest BCUT2D eigenvalue weighted by Gasteiger charge is 2.14. The van der Waals surface area contributed by atoms with Gasteiger partial charge in [-0.15, -0.1) is 0 Å². The van der Waals surface area contributed by atoms with Crippen molar-refractivity contribution in [3.05, 3.63) is 51.4 Å². The van der Waals surface area contributed by atoms with E-state index in [2.05, 4.69) is 26.0 Å². The Hall–Kier alpha value is -2.08. The van der Waals surface area contributed by atoms with Gasteiger partial charge in [0, 0.05) is 6.07 Å². The third kappa shape index (κ3) is 1.62. The number of nitrogens with one attached hydrogen (secondary N) is 1. The Morgan fingerprint density at radius 2 is 2.00 bits per heavy atom. The molecule has 0 radical (unpaired) electrons. The fourth-order valence-electron chi connectivity index (χ4n) is 1.81. The van der Waals surface area contributed by atoms with E-state index < -0.39 is 0 Å². The number of aromatic nitrogens is 3. The Morgan fingerprint density at radius 1 is 1.28 bits per heavy atom. The van der Waals surface area contributed by atoms with Gasteiger partial charge >= 0.3 is 0 Å². The first kappa shape index (κ1) is 11.0. The van der Waals surface area contributed by atoms with Gasteiger partial charge in [0.15, 0.2) is 5.88 Å². The van der Waals surface area contributed by atoms with Crippen LogP contribution in [0.2, 0.25) is 0 Å². The van der Waals surface area contributed by atoms with Crippen LogP contribution < -0.4 is 5.56 Å². The number of benzene rings is 1. The fourth-order valence-corrected chi connectivity index (χ4v) is 2.48. The van der Waals surface area contributed by atoms with Crippen molar-refractivity contribution < 1.29 is 5.11 Å². The molecule has 2 heterocycles. The molecule has 90 valence electrons. The molecule has 3 rings (SSSR count). The summed E-state index contributed by atoms with van der Waals surface area (Å²) in [5, 5.41) is 14.1. The smallest absolute Gasteiger partial charge is 0.262 e. The molecule has 0 atom stereocenters. The molecule has 0 unspecified atom stereocenters. The maximum Gasteiger partial charge on any atom is 0.262 e. The molecule has 0 saturated heterocycles. The summed E-state index contributed by atoms with van der Waals surface area (Å²) in [7, 11) is 0. The van der Waals surface area contributed by atoms with Crippen molar-refractivity contribution in [1.29, 1.82) is 0 Å². The molecule has 0 amide bonds. The maximum absolute atomic E-state index is 11.8. The van der Waals surface area contributed by atoms with Crippen LogP contribution in [0.15, 0.2) is 45.8 Å². The lowest BCUT2D eigenvalue weighted by Gasteiger charge is -2.01. The Bertz CT molecular complexity index is 777. The molecule has 0 aliphatic rings. The molecule has 0 saturated carbocycles. The number of aromatic amines is 1. The molecular weight excluding hydrogens is 298 g/mol. The number of para-hydroxylation sites is 1. The van der Waals surface area contributed by atoms with Crippen LogP contribution in [0.1, 0.15) is 0 Å². The summed E-state index contributed by atoms with van der Waals surface area (Å²) >= 11 is 3.36. The van der Waals surface area contributed by atoms with E-state index in [0.29, 0.717) is 15.5 Å². The first-order valence-corrected chi connectivity index (χ1v) is 6.02. The standard InChI is InChI=1S/C12H8BrN3O2/c13-11-10-8(6-9(17)14-12(10)18)15-16(11)7-4-2-1-3-5-7/h1-6,17H,(H,14,18). The van der Waals surface area contributed by atoms with Crippen LogP contribution in [-0.2, 0) is 0 Å². The van der Waals surface area contributed by atoms with E-state index in [9.17, 15) is 9.90 Å². The minimum absolute atomic E-state index is 0.197. The monoisotopic (exact) mass is 305 g/mol. The molecule has 1 aromatic carbocycles. The van der Waals surface area contributed by atoms with E-state index in [4.69, 9.17) is 0 Å². The predicted molar refractivity (Wildman–Crippen MR) is 71.1 cm³/mol. The van der Waals surface area contributed by atoms with Crippen LogP contribution in [0.25, 0.3) is 16.6 Å². The Morgan fingerprint density at radius 3 is 2.72 bits per heavy atom. The Labute approximate surface area is 110 Å². The van der Waals surface area contributed by atoms with Gasteiger partial charge in [-0.25, -0.2) is 4.68 Å². The minimum Gasteiger partial charge on any atom is -0.494 e. The molecule has 0 fully saturated rings. The van der Waals surface area contributed by atoms with Crippen LogP contribution in [0, 0.1) is 0 Å². The van der Waals surface area contributed by atoms with Crippen molar-refractivity contribution in [2.75, 3.05) is 0 Å². The summed E-state index contributed by atoms with van der Waals surface area (Å²) in [4.78, 5) is 14.1. The molecule has 0 aliphatic heterocycles. The Balaban J connectivity index is 2.37. The van der Waals surface area contributed by atoms with Gasteiger partial charge < -0.3 is 5.11 Å². The van der Waals surface area contributed by atoms with E-state index in [1.165, 1.54) is 6.07 Å². The van der Waals surface area contributed by atoms with Gasteiger partial charge in [-0.1, -0.05) is 18.2 Å². The molecule has 0 aliphatic carbocycles. The van der Waals surface area contributed by atoms with E-state index in [0.717, 1.165) is 5.69 Å². The summed E-state index contributed by atoms with van der Waals surface area (Å²) < 4.78 is 2.17. The van der Waals surface area contributed by atoms with Crippen LogP contribution in [0.5, 0.6) is 5.88 Å². The van der Waals surface area contributed by atoms with Crippen molar-refractivity contribution in [2.45, 2.75) is 0 Å². The number of pyridine rings is 1. The highest BCUT2D eigenvalue weighted by Crippen LogP contribution is 2.25. The second-order valence-electron chi connectivity index (χ2n) is 3.78. The van der Waals surface area contributed by atoms with Crippen molar-refractivity contribution >= 4 is 26.8 Å². The average Bonchev–Trinajstić information content (AvgIpc) is 2.67. The largest absolute Gasteiger partial charge is 0.494 e. The summed E-state index contributed by atoms with van der Waals surface area (Å²) in [5.41, 5.74) is 0.894. The number of fused-ring (bicyclic) bond motifs is 1. The number of hydrogen-bond donors (Lipinski definition) is 2. The van der Waals surface area contributed by atoms with Gasteiger partial charge in [0.1, 0.15) is 15.5 Å². The zero-order valence-electron chi connectivity index (χ0n) is 9.09. The van der Waals surface area contributed by atoms with Gasteiger partial charge in [0.05, 0.1) is 5.69 Å². The topological polar surface area (TPSA) is 70.9 Å². The van der Waals surface area contributed by atoms with Gasteiger partial charge in [-0.2, -0.15) is 5.10 Å². The third-order valence-corrected chi connectivity index (χ3v) is 3.33. The van der Waals surface area contributed by atoms with Crippen LogP contribution in [0.3, 0.4) is 0 Å². The quantitative estimate of drug-likeness (QED) is 0.724. The number of rotatable bonds is 1. The molecule has 5 nitrogen and oxygen atoms in total. The van der Waals surface area contributed by atoms with E-state index in [-0.39, 0.29) is 11.4 Å². The molecule has 0 bridgehead atoms. The highest BCUT2D eigenvalue weighted by atomic mass is 79.9. The summed E-state index contributed by atoms with van der Waals surface area (Å²) in [6.45, 7) is 0.